The molecule has 0 aliphatic rings. The maximum atomic E-state index is 5.33. The van der Waals surface area contributed by atoms with E-state index in [-0.39, 0.29) is 24.8 Å². The number of rotatable bonds is 6. The van der Waals surface area contributed by atoms with Crippen LogP contribution in [0.25, 0.3) is 10.9 Å². The van der Waals surface area contributed by atoms with Crippen LogP contribution >= 0.6 is 24.8 Å². The highest BCUT2D eigenvalue weighted by molar-refractivity contribution is 5.86. The summed E-state index contributed by atoms with van der Waals surface area (Å²) < 4.78 is 5.33. The molecule has 2 aromatic heterocycles. The molecule has 0 spiro atoms. The predicted molar refractivity (Wildman–Crippen MR) is 104 cm³/mol. The fourth-order valence-corrected chi connectivity index (χ4v) is 2.74. The molecule has 2 heterocycles. The van der Waals surface area contributed by atoms with Crippen molar-refractivity contribution in [3.05, 3.63) is 59.5 Å². The highest BCUT2D eigenvalue weighted by atomic mass is 35.5. The second-order valence-electron chi connectivity index (χ2n) is 5.39. The summed E-state index contributed by atoms with van der Waals surface area (Å²) in [5.74, 6) is 0.897. The van der Waals surface area contributed by atoms with E-state index < -0.39 is 0 Å². The van der Waals surface area contributed by atoms with Gasteiger partial charge in [0.15, 0.2) is 0 Å². The number of aromatic amines is 1. The number of aryl methyl sites for hydroxylation is 1. The minimum Gasteiger partial charge on any atom is -0.497 e. The normalized spacial score (nSPS) is 10.1. The largest absolute Gasteiger partial charge is 0.497 e. The lowest BCUT2D eigenvalue weighted by Gasteiger charge is -2.05. The van der Waals surface area contributed by atoms with Crippen LogP contribution in [-0.4, -0.2) is 23.6 Å². The van der Waals surface area contributed by atoms with Crippen LogP contribution in [-0.2, 0) is 13.0 Å². The molecule has 24 heavy (non-hydrogen) atoms. The fourth-order valence-electron chi connectivity index (χ4n) is 2.74. The maximum Gasteiger partial charge on any atom is 0.119 e. The van der Waals surface area contributed by atoms with Crippen molar-refractivity contribution in [1.82, 2.24) is 15.3 Å². The Bertz CT molecular complexity index is 760. The SMILES string of the molecule is COc1ccc2[nH]c(C)c(CCNCc3ccccn3)c2c1.Cl.Cl. The van der Waals surface area contributed by atoms with Crippen molar-refractivity contribution >= 4 is 35.7 Å². The third-order valence-electron chi connectivity index (χ3n) is 3.91. The quantitative estimate of drug-likeness (QED) is 0.646. The molecular weight excluding hydrogens is 345 g/mol. The van der Waals surface area contributed by atoms with E-state index in [9.17, 15) is 0 Å². The van der Waals surface area contributed by atoms with E-state index in [0.717, 1.165) is 36.5 Å². The Hall–Kier alpha value is -1.75. The van der Waals surface area contributed by atoms with Crippen LogP contribution in [0.5, 0.6) is 5.75 Å². The first-order valence-corrected chi connectivity index (χ1v) is 7.54. The topological polar surface area (TPSA) is 49.9 Å². The van der Waals surface area contributed by atoms with Gasteiger partial charge in [-0.1, -0.05) is 6.07 Å². The molecule has 0 amide bonds. The third kappa shape index (κ3) is 4.63. The van der Waals surface area contributed by atoms with Crippen molar-refractivity contribution in [3.8, 4) is 5.75 Å². The van der Waals surface area contributed by atoms with Crippen LogP contribution in [0.3, 0.4) is 0 Å². The molecule has 0 fully saturated rings. The van der Waals surface area contributed by atoms with Gasteiger partial charge in [0.1, 0.15) is 5.75 Å². The number of ether oxygens (including phenoxy) is 1. The number of halogens is 2. The number of nitrogens with zero attached hydrogens (tertiary/aromatic N) is 1. The molecule has 3 aromatic rings. The standard InChI is InChI=1S/C18H21N3O.2ClH/c1-13-16(8-10-19-12-14-5-3-4-9-20-14)17-11-15(22-2)6-7-18(17)21-13;;/h3-7,9,11,19,21H,8,10,12H2,1-2H3;2*1H. The van der Waals surface area contributed by atoms with Gasteiger partial charge in [-0.3, -0.25) is 4.98 Å². The summed E-state index contributed by atoms with van der Waals surface area (Å²) in [7, 11) is 1.70. The Labute approximate surface area is 154 Å². The van der Waals surface area contributed by atoms with Gasteiger partial charge in [0, 0.05) is 29.3 Å². The van der Waals surface area contributed by atoms with E-state index in [2.05, 4.69) is 34.3 Å². The summed E-state index contributed by atoms with van der Waals surface area (Å²) in [5, 5.41) is 4.70. The van der Waals surface area contributed by atoms with Crippen molar-refractivity contribution in [2.45, 2.75) is 19.9 Å². The number of H-pyrrole nitrogens is 1. The molecule has 4 nitrogen and oxygen atoms in total. The molecular formula is C18H23Cl2N3O. The van der Waals surface area contributed by atoms with Crippen molar-refractivity contribution in [1.29, 1.82) is 0 Å². The van der Waals surface area contributed by atoms with E-state index in [1.165, 1.54) is 16.6 Å². The number of nitrogens with one attached hydrogen (secondary N) is 2. The summed E-state index contributed by atoms with van der Waals surface area (Å²) in [5.41, 5.74) is 4.81. The molecule has 0 saturated carbocycles. The maximum absolute atomic E-state index is 5.33. The van der Waals surface area contributed by atoms with Gasteiger partial charge >= 0.3 is 0 Å². The molecule has 1 aromatic carbocycles. The average molecular weight is 368 g/mol. The third-order valence-corrected chi connectivity index (χ3v) is 3.91. The smallest absolute Gasteiger partial charge is 0.119 e. The van der Waals surface area contributed by atoms with E-state index >= 15 is 0 Å². The first kappa shape index (κ1) is 20.3. The van der Waals surface area contributed by atoms with E-state index in [4.69, 9.17) is 4.74 Å². The number of methoxy groups -OCH3 is 1. The zero-order valence-corrected chi connectivity index (χ0v) is 15.5. The molecule has 0 bridgehead atoms. The fraction of sp³-hybridized carbons (Fsp3) is 0.278. The van der Waals surface area contributed by atoms with Crippen LogP contribution in [0.15, 0.2) is 42.6 Å². The first-order valence-electron chi connectivity index (χ1n) is 7.54. The lowest BCUT2D eigenvalue weighted by molar-refractivity contribution is 0.415. The molecule has 6 heteroatoms. The summed E-state index contributed by atoms with van der Waals surface area (Å²) in [6.07, 6.45) is 2.80. The molecule has 0 aliphatic heterocycles. The highest BCUT2D eigenvalue weighted by Crippen LogP contribution is 2.26. The van der Waals surface area contributed by atoms with Gasteiger partial charge in [0.25, 0.3) is 0 Å². The molecule has 0 aliphatic carbocycles. The van der Waals surface area contributed by atoms with Crippen LogP contribution in [0.2, 0.25) is 0 Å². The summed E-state index contributed by atoms with van der Waals surface area (Å²) >= 11 is 0. The summed E-state index contributed by atoms with van der Waals surface area (Å²) in [4.78, 5) is 7.76. The molecule has 0 atom stereocenters. The Kier molecular flexibility index (Phi) is 8.05. The molecule has 0 radical (unpaired) electrons. The second kappa shape index (κ2) is 9.52. The van der Waals surface area contributed by atoms with E-state index in [1.54, 1.807) is 7.11 Å². The van der Waals surface area contributed by atoms with Crippen molar-refractivity contribution in [3.63, 3.8) is 0 Å². The Morgan fingerprint density at radius 1 is 1.17 bits per heavy atom. The Morgan fingerprint density at radius 2 is 2.00 bits per heavy atom. The number of hydrogen-bond donors (Lipinski definition) is 2. The molecule has 3 rings (SSSR count). The van der Waals surface area contributed by atoms with Gasteiger partial charge in [-0.05, 0) is 55.8 Å². The minimum atomic E-state index is 0. The molecule has 2 N–H and O–H groups in total. The first-order chi connectivity index (χ1) is 10.8. The number of fused-ring (bicyclic) bond motifs is 1. The number of pyridine rings is 1. The zero-order chi connectivity index (χ0) is 15.4. The van der Waals surface area contributed by atoms with Crippen LogP contribution < -0.4 is 10.1 Å². The lowest BCUT2D eigenvalue weighted by atomic mass is 10.1. The lowest BCUT2D eigenvalue weighted by Crippen LogP contribution is -2.17. The minimum absolute atomic E-state index is 0. The van der Waals surface area contributed by atoms with Gasteiger partial charge in [-0.25, -0.2) is 0 Å². The average Bonchev–Trinajstić information content (AvgIpc) is 2.87. The number of hydrogen-bond acceptors (Lipinski definition) is 3. The van der Waals surface area contributed by atoms with Crippen LogP contribution in [0, 0.1) is 6.92 Å². The predicted octanol–water partition coefficient (Wildman–Crippen LogP) is 4.06. The molecule has 0 saturated heterocycles. The van der Waals surface area contributed by atoms with E-state index in [0.29, 0.717) is 0 Å². The Balaban J connectivity index is 0.00000144. The van der Waals surface area contributed by atoms with Gasteiger partial charge < -0.3 is 15.0 Å². The van der Waals surface area contributed by atoms with Gasteiger partial charge in [-0.15, -0.1) is 24.8 Å². The van der Waals surface area contributed by atoms with Gasteiger partial charge in [-0.2, -0.15) is 0 Å². The highest BCUT2D eigenvalue weighted by Gasteiger charge is 2.09. The van der Waals surface area contributed by atoms with Crippen molar-refractivity contribution < 1.29 is 4.74 Å². The summed E-state index contributed by atoms with van der Waals surface area (Å²) in [6.45, 7) is 3.84. The zero-order valence-electron chi connectivity index (χ0n) is 13.8. The van der Waals surface area contributed by atoms with Crippen LogP contribution in [0.4, 0.5) is 0 Å². The molecule has 0 unspecified atom stereocenters. The molecule has 130 valence electrons. The number of aromatic nitrogens is 2. The van der Waals surface area contributed by atoms with Crippen molar-refractivity contribution in [2.75, 3.05) is 13.7 Å². The second-order valence-corrected chi connectivity index (χ2v) is 5.39. The summed E-state index contributed by atoms with van der Waals surface area (Å²) in [6, 6.07) is 12.2. The number of benzene rings is 1. The van der Waals surface area contributed by atoms with E-state index in [1.807, 2.05) is 30.5 Å². The van der Waals surface area contributed by atoms with Gasteiger partial charge in [0.2, 0.25) is 0 Å². The van der Waals surface area contributed by atoms with Gasteiger partial charge in [0.05, 0.1) is 12.8 Å². The van der Waals surface area contributed by atoms with Crippen molar-refractivity contribution in [2.24, 2.45) is 0 Å². The monoisotopic (exact) mass is 367 g/mol. The Morgan fingerprint density at radius 3 is 2.71 bits per heavy atom. The van der Waals surface area contributed by atoms with Crippen LogP contribution in [0.1, 0.15) is 17.0 Å².